The summed E-state index contributed by atoms with van der Waals surface area (Å²) in [5, 5.41) is 2.50. The standard InChI is InChI=1S/C24H28F3N3O6S/c1-23(2,3)36-22(32)28-16-9-10-20-19(12-16)30(14-17(35-20)13-21(31)29(4)5)37(33,34)18-8-6-7-15(11-18)24(25,26)27/h6-12,17H,13-14H2,1-5H3,(H,28,32)/t17-/m0/s1. The van der Waals surface area contributed by atoms with Crippen molar-refractivity contribution in [2.24, 2.45) is 0 Å². The molecule has 0 unspecified atom stereocenters. The molecule has 13 heteroatoms. The molecule has 2 amide bonds. The lowest BCUT2D eigenvalue weighted by molar-refractivity contribution is -0.137. The first-order valence-corrected chi connectivity index (χ1v) is 12.6. The maximum absolute atomic E-state index is 13.6. The van der Waals surface area contributed by atoms with Crippen LogP contribution in [0.1, 0.15) is 32.8 Å². The van der Waals surface area contributed by atoms with Gasteiger partial charge in [-0.1, -0.05) is 6.07 Å². The van der Waals surface area contributed by atoms with Gasteiger partial charge in [-0.3, -0.25) is 14.4 Å². The average molecular weight is 544 g/mol. The van der Waals surface area contributed by atoms with Gasteiger partial charge >= 0.3 is 12.3 Å². The fourth-order valence-corrected chi connectivity index (χ4v) is 5.03. The smallest absolute Gasteiger partial charge is 0.416 e. The first-order chi connectivity index (χ1) is 17.0. The van der Waals surface area contributed by atoms with Crippen molar-refractivity contribution in [3.05, 3.63) is 48.0 Å². The Balaban J connectivity index is 2.05. The summed E-state index contributed by atoms with van der Waals surface area (Å²) in [6.07, 6.45) is -6.61. The Morgan fingerprint density at radius 2 is 1.81 bits per heavy atom. The van der Waals surface area contributed by atoms with Crippen LogP contribution < -0.4 is 14.4 Å². The van der Waals surface area contributed by atoms with Crippen molar-refractivity contribution in [1.29, 1.82) is 0 Å². The predicted molar refractivity (Wildman–Crippen MR) is 130 cm³/mol. The minimum absolute atomic E-state index is 0.0143. The van der Waals surface area contributed by atoms with Crippen LogP contribution in [0, 0.1) is 0 Å². The molecule has 9 nitrogen and oxygen atoms in total. The Labute approximate surface area is 213 Å². The number of ether oxygens (including phenoxy) is 2. The van der Waals surface area contributed by atoms with Gasteiger partial charge in [0.2, 0.25) is 5.91 Å². The molecule has 0 saturated heterocycles. The molecular formula is C24H28F3N3O6S. The maximum Gasteiger partial charge on any atom is 0.416 e. The van der Waals surface area contributed by atoms with Crippen molar-refractivity contribution >= 4 is 33.4 Å². The molecule has 1 atom stereocenters. The molecule has 0 fully saturated rings. The molecule has 37 heavy (non-hydrogen) atoms. The fourth-order valence-electron chi connectivity index (χ4n) is 3.48. The Bertz CT molecular complexity index is 1290. The van der Waals surface area contributed by atoms with Crippen LogP contribution in [0.15, 0.2) is 47.4 Å². The van der Waals surface area contributed by atoms with E-state index in [1.54, 1.807) is 20.8 Å². The Kier molecular flexibility index (Phi) is 7.68. The quantitative estimate of drug-likeness (QED) is 0.596. The van der Waals surface area contributed by atoms with Crippen LogP contribution >= 0.6 is 0 Å². The van der Waals surface area contributed by atoms with E-state index in [1.807, 2.05) is 0 Å². The molecule has 0 radical (unpaired) electrons. The number of hydrogen-bond donors (Lipinski definition) is 1. The Hall–Kier alpha value is -3.48. The number of carbonyl (C=O) groups is 2. The third kappa shape index (κ3) is 6.85. The Morgan fingerprint density at radius 1 is 1.14 bits per heavy atom. The number of benzene rings is 2. The maximum atomic E-state index is 13.6. The van der Waals surface area contributed by atoms with E-state index in [-0.39, 0.29) is 36.0 Å². The van der Waals surface area contributed by atoms with Crippen LogP contribution in [0.25, 0.3) is 0 Å². The molecule has 3 rings (SSSR count). The molecule has 1 heterocycles. The van der Waals surface area contributed by atoms with Crippen LogP contribution in [-0.4, -0.2) is 57.7 Å². The molecule has 202 valence electrons. The molecule has 2 aromatic rings. The second-order valence-electron chi connectivity index (χ2n) is 9.60. The van der Waals surface area contributed by atoms with Gasteiger partial charge in [-0.15, -0.1) is 0 Å². The summed E-state index contributed by atoms with van der Waals surface area (Å²) in [6, 6.07) is 7.55. The number of rotatable bonds is 5. The predicted octanol–water partition coefficient (Wildman–Crippen LogP) is 4.49. The zero-order valence-corrected chi connectivity index (χ0v) is 21.7. The van der Waals surface area contributed by atoms with Crippen molar-refractivity contribution in [2.75, 3.05) is 30.3 Å². The van der Waals surface area contributed by atoms with Gasteiger partial charge in [0, 0.05) is 19.8 Å². The summed E-state index contributed by atoms with van der Waals surface area (Å²) < 4.78 is 79.0. The summed E-state index contributed by atoms with van der Waals surface area (Å²) in [5.41, 5.74) is -1.75. The lowest BCUT2D eigenvalue weighted by atomic mass is 10.1. The number of hydrogen-bond acceptors (Lipinski definition) is 6. The summed E-state index contributed by atoms with van der Waals surface area (Å²) in [6.45, 7) is 4.67. The normalized spacial score (nSPS) is 15.9. The van der Waals surface area contributed by atoms with Crippen molar-refractivity contribution in [3.8, 4) is 5.75 Å². The van der Waals surface area contributed by atoms with E-state index >= 15 is 0 Å². The number of alkyl halides is 3. The van der Waals surface area contributed by atoms with E-state index in [0.717, 1.165) is 22.5 Å². The fraction of sp³-hybridized carbons (Fsp3) is 0.417. The summed E-state index contributed by atoms with van der Waals surface area (Å²) >= 11 is 0. The summed E-state index contributed by atoms with van der Waals surface area (Å²) in [5.74, 6) is -0.249. The SMILES string of the molecule is CN(C)C(=O)C[C@H]1CN(S(=O)(=O)c2cccc(C(F)(F)F)c2)c2cc(NC(=O)OC(C)(C)C)ccc2O1. The van der Waals surface area contributed by atoms with E-state index in [9.17, 15) is 31.2 Å². The first-order valence-electron chi connectivity index (χ1n) is 11.2. The zero-order chi connectivity index (χ0) is 27.8. The van der Waals surface area contributed by atoms with E-state index in [4.69, 9.17) is 9.47 Å². The molecule has 0 bridgehead atoms. The van der Waals surface area contributed by atoms with E-state index < -0.39 is 44.5 Å². The highest BCUT2D eigenvalue weighted by atomic mass is 32.2. The van der Waals surface area contributed by atoms with Crippen molar-refractivity contribution in [2.45, 2.75) is 50.0 Å². The number of carbonyl (C=O) groups excluding carboxylic acids is 2. The van der Waals surface area contributed by atoms with Gasteiger partial charge in [0.1, 0.15) is 17.5 Å². The molecule has 1 aliphatic heterocycles. The number of nitrogens with zero attached hydrogens (tertiary/aromatic N) is 2. The number of nitrogens with one attached hydrogen (secondary N) is 1. The molecular weight excluding hydrogens is 515 g/mol. The molecule has 1 N–H and O–H groups in total. The van der Waals surface area contributed by atoms with Gasteiger partial charge in [0.25, 0.3) is 10.0 Å². The number of anilines is 2. The van der Waals surface area contributed by atoms with Gasteiger partial charge < -0.3 is 14.4 Å². The summed E-state index contributed by atoms with van der Waals surface area (Å²) in [7, 11) is -1.47. The number of amides is 2. The van der Waals surface area contributed by atoms with Crippen molar-refractivity contribution in [3.63, 3.8) is 0 Å². The Morgan fingerprint density at radius 3 is 2.41 bits per heavy atom. The van der Waals surface area contributed by atoms with Crippen LogP contribution in [0.3, 0.4) is 0 Å². The van der Waals surface area contributed by atoms with E-state index in [1.165, 1.54) is 37.2 Å². The highest BCUT2D eigenvalue weighted by Crippen LogP contribution is 2.40. The van der Waals surface area contributed by atoms with E-state index in [2.05, 4.69) is 5.32 Å². The van der Waals surface area contributed by atoms with Crippen LogP contribution in [0.5, 0.6) is 5.75 Å². The lowest BCUT2D eigenvalue weighted by Crippen LogP contribution is -2.45. The average Bonchev–Trinajstić information content (AvgIpc) is 2.76. The second-order valence-corrected chi connectivity index (χ2v) is 11.5. The van der Waals surface area contributed by atoms with Crippen LogP contribution in [0.2, 0.25) is 0 Å². The first kappa shape index (κ1) is 28.1. The molecule has 0 saturated carbocycles. The molecule has 0 spiro atoms. The van der Waals surface area contributed by atoms with Gasteiger partial charge in [-0.25, -0.2) is 13.2 Å². The van der Waals surface area contributed by atoms with Crippen LogP contribution in [-0.2, 0) is 25.7 Å². The lowest BCUT2D eigenvalue weighted by Gasteiger charge is -2.36. The third-order valence-corrected chi connectivity index (χ3v) is 6.96. The minimum atomic E-state index is -4.75. The van der Waals surface area contributed by atoms with Gasteiger partial charge in [-0.05, 0) is 57.2 Å². The largest absolute Gasteiger partial charge is 0.486 e. The highest BCUT2D eigenvalue weighted by Gasteiger charge is 2.38. The van der Waals surface area contributed by atoms with E-state index in [0.29, 0.717) is 6.07 Å². The van der Waals surface area contributed by atoms with Gasteiger partial charge in [0.05, 0.1) is 29.1 Å². The third-order valence-electron chi connectivity index (χ3n) is 5.19. The molecule has 1 aliphatic rings. The molecule has 0 aromatic heterocycles. The van der Waals surface area contributed by atoms with Crippen molar-refractivity contribution in [1.82, 2.24) is 4.90 Å². The second kappa shape index (κ2) is 10.1. The minimum Gasteiger partial charge on any atom is -0.486 e. The zero-order valence-electron chi connectivity index (χ0n) is 20.9. The number of fused-ring (bicyclic) bond motifs is 1. The highest BCUT2D eigenvalue weighted by molar-refractivity contribution is 7.92. The van der Waals surface area contributed by atoms with Crippen LogP contribution in [0.4, 0.5) is 29.3 Å². The van der Waals surface area contributed by atoms with Gasteiger partial charge in [0.15, 0.2) is 0 Å². The topological polar surface area (TPSA) is 105 Å². The molecule has 2 aromatic carbocycles. The number of sulfonamides is 1. The van der Waals surface area contributed by atoms with Gasteiger partial charge in [-0.2, -0.15) is 13.2 Å². The summed E-state index contributed by atoms with van der Waals surface area (Å²) in [4.78, 5) is 25.2. The molecule has 0 aliphatic carbocycles. The monoisotopic (exact) mass is 543 g/mol. The number of halogens is 3. The van der Waals surface area contributed by atoms with Crippen molar-refractivity contribution < 1.29 is 40.7 Å².